The smallest absolute Gasteiger partial charge is 0.319 e. The number of unbranched alkanes of at least 4 members (excludes halogenated alkanes) is 2. The molecule has 5 heteroatoms. The second kappa shape index (κ2) is 10.5. The molecule has 0 aliphatic carbocycles. The molecule has 0 spiro atoms. The molecule has 4 nitrogen and oxygen atoms in total. The summed E-state index contributed by atoms with van der Waals surface area (Å²) >= 11 is 0. The maximum atomic E-state index is 11.8. The average Bonchev–Trinajstić information content (AvgIpc) is 3.01. The fourth-order valence-corrected chi connectivity index (χ4v) is 2.66. The maximum Gasteiger partial charge on any atom is 0.319 e. The van der Waals surface area contributed by atoms with Gasteiger partial charge in [-0.05, 0) is 49.9 Å². The van der Waals surface area contributed by atoms with Gasteiger partial charge in [0.1, 0.15) is 0 Å². The molecule has 1 atom stereocenters. The van der Waals surface area contributed by atoms with Crippen LogP contribution in [0.4, 0.5) is 10.5 Å². The molecule has 0 radical (unpaired) electrons. The molecule has 0 unspecified atom stereocenters. The zero-order valence-electron chi connectivity index (χ0n) is 13.4. The molecular formula is C17H28ClN3O. The normalized spacial score (nSPS) is 16.9. The fraction of sp³-hybridized carbons (Fsp3) is 0.588. The summed E-state index contributed by atoms with van der Waals surface area (Å²) < 4.78 is 0. The van der Waals surface area contributed by atoms with E-state index in [2.05, 4.69) is 35.0 Å². The SMILES string of the molecule is CCCCCc1ccc(NC(=O)NC[C@H]2CCCN2)cc1.Cl. The van der Waals surface area contributed by atoms with Crippen LogP contribution in [0.5, 0.6) is 0 Å². The molecule has 124 valence electrons. The highest BCUT2D eigenvalue weighted by molar-refractivity contribution is 5.89. The Morgan fingerprint density at radius 3 is 2.68 bits per heavy atom. The second-order valence-electron chi connectivity index (χ2n) is 5.78. The van der Waals surface area contributed by atoms with Crippen molar-refractivity contribution in [2.24, 2.45) is 0 Å². The zero-order valence-corrected chi connectivity index (χ0v) is 14.2. The van der Waals surface area contributed by atoms with E-state index in [9.17, 15) is 4.79 Å². The van der Waals surface area contributed by atoms with E-state index in [0.29, 0.717) is 12.6 Å². The molecular weight excluding hydrogens is 298 g/mol. The van der Waals surface area contributed by atoms with E-state index in [1.54, 1.807) is 0 Å². The van der Waals surface area contributed by atoms with Crippen LogP contribution >= 0.6 is 12.4 Å². The van der Waals surface area contributed by atoms with Gasteiger partial charge in [0.15, 0.2) is 0 Å². The van der Waals surface area contributed by atoms with Crippen LogP contribution in [0.25, 0.3) is 0 Å². The van der Waals surface area contributed by atoms with Crippen LogP contribution in [-0.2, 0) is 6.42 Å². The van der Waals surface area contributed by atoms with Crippen molar-refractivity contribution in [1.82, 2.24) is 10.6 Å². The lowest BCUT2D eigenvalue weighted by Crippen LogP contribution is -2.39. The minimum atomic E-state index is -0.123. The van der Waals surface area contributed by atoms with Crippen molar-refractivity contribution in [1.29, 1.82) is 0 Å². The third-order valence-electron chi connectivity index (χ3n) is 3.95. The highest BCUT2D eigenvalue weighted by Gasteiger charge is 2.14. The molecule has 1 aromatic rings. The van der Waals surface area contributed by atoms with Gasteiger partial charge in [-0.1, -0.05) is 31.9 Å². The number of anilines is 1. The molecule has 3 N–H and O–H groups in total. The summed E-state index contributed by atoms with van der Waals surface area (Å²) in [5.74, 6) is 0. The van der Waals surface area contributed by atoms with Gasteiger partial charge in [-0.25, -0.2) is 4.79 Å². The van der Waals surface area contributed by atoms with Gasteiger partial charge in [0, 0.05) is 18.3 Å². The number of carbonyl (C=O) groups is 1. The Morgan fingerprint density at radius 1 is 1.27 bits per heavy atom. The van der Waals surface area contributed by atoms with Crippen molar-refractivity contribution in [2.75, 3.05) is 18.4 Å². The monoisotopic (exact) mass is 325 g/mol. The lowest BCUT2D eigenvalue weighted by Gasteiger charge is -2.12. The van der Waals surface area contributed by atoms with E-state index in [1.807, 2.05) is 12.1 Å². The van der Waals surface area contributed by atoms with Crippen LogP contribution in [0.1, 0.15) is 44.6 Å². The van der Waals surface area contributed by atoms with Gasteiger partial charge >= 0.3 is 6.03 Å². The first kappa shape index (κ1) is 18.8. The number of hydrogen-bond acceptors (Lipinski definition) is 2. The largest absolute Gasteiger partial charge is 0.336 e. The number of nitrogens with one attached hydrogen (secondary N) is 3. The third kappa shape index (κ3) is 6.67. The number of rotatable bonds is 7. The van der Waals surface area contributed by atoms with Crippen molar-refractivity contribution < 1.29 is 4.79 Å². The predicted octanol–water partition coefficient (Wildman–Crippen LogP) is 3.71. The molecule has 1 aliphatic heterocycles. The number of amides is 2. The van der Waals surface area contributed by atoms with E-state index in [-0.39, 0.29) is 18.4 Å². The van der Waals surface area contributed by atoms with Gasteiger partial charge in [-0.3, -0.25) is 0 Å². The number of carbonyl (C=O) groups excluding carboxylic acids is 1. The maximum absolute atomic E-state index is 11.8. The number of benzene rings is 1. The highest BCUT2D eigenvalue weighted by Crippen LogP contribution is 2.12. The molecule has 2 rings (SSSR count). The Bertz CT molecular complexity index is 430. The standard InChI is InChI=1S/C17H27N3O.ClH/c1-2-3-4-6-14-8-10-15(11-9-14)20-17(21)19-13-16-7-5-12-18-16;/h8-11,16,18H,2-7,12-13H2,1H3,(H2,19,20,21);1H/t16-;/m1./s1. The van der Waals surface area contributed by atoms with Crippen LogP contribution in [0, 0.1) is 0 Å². The summed E-state index contributed by atoms with van der Waals surface area (Å²) in [7, 11) is 0. The van der Waals surface area contributed by atoms with Gasteiger partial charge in [0.05, 0.1) is 0 Å². The number of aryl methyl sites for hydroxylation is 1. The van der Waals surface area contributed by atoms with Crippen molar-refractivity contribution in [3.63, 3.8) is 0 Å². The summed E-state index contributed by atoms with van der Waals surface area (Å²) in [6, 6.07) is 8.47. The third-order valence-corrected chi connectivity index (χ3v) is 3.95. The van der Waals surface area contributed by atoms with Crippen LogP contribution in [-0.4, -0.2) is 25.2 Å². The van der Waals surface area contributed by atoms with Gasteiger partial charge in [-0.2, -0.15) is 0 Å². The average molecular weight is 326 g/mol. The van der Waals surface area contributed by atoms with E-state index in [4.69, 9.17) is 0 Å². The molecule has 1 saturated heterocycles. The minimum Gasteiger partial charge on any atom is -0.336 e. The first-order valence-electron chi connectivity index (χ1n) is 8.15. The number of urea groups is 1. The summed E-state index contributed by atoms with van der Waals surface area (Å²) in [5.41, 5.74) is 2.19. The van der Waals surface area contributed by atoms with Crippen LogP contribution < -0.4 is 16.0 Å². The molecule has 1 fully saturated rings. The molecule has 0 saturated carbocycles. The Morgan fingerprint density at radius 2 is 2.05 bits per heavy atom. The van der Waals surface area contributed by atoms with Crippen molar-refractivity contribution >= 4 is 24.1 Å². The van der Waals surface area contributed by atoms with Gasteiger partial charge < -0.3 is 16.0 Å². The van der Waals surface area contributed by atoms with E-state index >= 15 is 0 Å². The topological polar surface area (TPSA) is 53.2 Å². The lowest BCUT2D eigenvalue weighted by molar-refractivity contribution is 0.251. The first-order valence-corrected chi connectivity index (χ1v) is 8.15. The van der Waals surface area contributed by atoms with Crippen molar-refractivity contribution in [3.05, 3.63) is 29.8 Å². The Kier molecular flexibility index (Phi) is 8.94. The zero-order chi connectivity index (χ0) is 14.9. The van der Waals surface area contributed by atoms with E-state index in [1.165, 1.54) is 31.2 Å². The van der Waals surface area contributed by atoms with Crippen LogP contribution in [0.2, 0.25) is 0 Å². The molecule has 1 aromatic carbocycles. The van der Waals surface area contributed by atoms with E-state index in [0.717, 1.165) is 25.1 Å². The fourth-order valence-electron chi connectivity index (χ4n) is 2.66. The molecule has 1 heterocycles. The van der Waals surface area contributed by atoms with Gasteiger partial charge in [-0.15, -0.1) is 12.4 Å². The predicted molar refractivity (Wildman–Crippen MR) is 95.0 cm³/mol. The molecule has 0 aromatic heterocycles. The summed E-state index contributed by atoms with van der Waals surface area (Å²) in [4.78, 5) is 11.8. The lowest BCUT2D eigenvalue weighted by atomic mass is 10.1. The van der Waals surface area contributed by atoms with Gasteiger partial charge in [0.2, 0.25) is 0 Å². The van der Waals surface area contributed by atoms with Crippen molar-refractivity contribution in [2.45, 2.75) is 51.5 Å². The Balaban J connectivity index is 0.00000242. The number of hydrogen-bond donors (Lipinski definition) is 3. The quantitative estimate of drug-likeness (QED) is 0.669. The Labute approximate surface area is 139 Å². The van der Waals surface area contributed by atoms with Crippen molar-refractivity contribution in [3.8, 4) is 0 Å². The molecule has 22 heavy (non-hydrogen) atoms. The van der Waals surface area contributed by atoms with Crippen LogP contribution in [0.15, 0.2) is 24.3 Å². The Hall–Kier alpha value is -1.26. The number of halogens is 1. The molecule has 0 bridgehead atoms. The van der Waals surface area contributed by atoms with E-state index < -0.39 is 0 Å². The summed E-state index contributed by atoms with van der Waals surface area (Å²) in [6.07, 6.45) is 7.22. The summed E-state index contributed by atoms with van der Waals surface area (Å²) in [6.45, 7) is 3.97. The van der Waals surface area contributed by atoms with Gasteiger partial charge in [0.25, 0.3) is 0 Å². The highest BCUT2D eigenvalue weighted by atomic mass is 35.5. The molecule has 1 aliphatic rings. The minimum absolute atomic E-state index is 0. The first-order chi connectivity index (χ1) is 10.3. The second-order valence-corrected chi connectivity index (χ2v) is 5.78. The molecule has 2 amide bonds. The summed E-state index contributed by atoms with van der Waals surface area (Å²) in [5, 5.41) is 9.16. The van der Waals surface area contributed by atoms with Crippen LogP contribution in [0.3, 0.4) is 0 Å².